The van der Waals surface area contributed by atoms with E-state index >= 15 is 0 Å². The summed E-state index contributed by atoms with van der Waals surface area (Å²) in [7, 11) is 0. The van der Waals surface area contributed by atoms with Crippen LogP contribution in [0.2, 0.25) is 0 Å². The van der Waals surface area contributed by atoms with Gasteiger partial charge in [0.25, 0.3) is 0 Å². The van der Waals surface area contributed by atoms with E-state index < -0.39 is 5.97 Å². The molecule has 1 heterocycles. The third-order valence-corrected chi connectivity index (χ3v) is 3.02. The summed E-state index contributed by atoms with van der Waals surface area (Å²) in [5.41, 5.74) is 0. The Bertz CT molecular complexity index is 202. The van der Waals surface area contributed by atoms with Crippen molar-refractivity contribution in [1.82, 2.24) is 4.90 Å². The Labute approximate surface area is 91.2 Å². The number of carbonyl (C=O) groups is 1. The minimum absolute atomic E-state index is 0.119. The summed E-state index contributed by atoms with van der Waals surface area (Å²) < 4.78 is 5.32. The smallest absolute Gasteiger partial charge is 0.304 e. The highest BCUT2D eigenvalue weighted by Gasteiger charge is 2.22. The predicted molar refractivity (Wildman–Crippen MR) is 57.9 cm³/mol. The molecule has 15 heavy (non-hydrogen) atoms. The molecule has 0 amide bonds. The van der Waals surface area contributed by atoms with E-state index in [0.717, 1.165) is 32.7 Å². The molecule has 0 aromatic rings. The standard InChI is InChI=1S/C11H21NO3/c1-3-12(9(2)6-11(13)14)7-10-4-5-15-8-10/h9-10H,3-8H2,1-2H3,(H,13,14). The van der Waals surface area contributed by atoms with E-state index in [2.05, 4.69) is 11.8 Å². The molecule has 0 aliphatic carbocycles. The van der Waals surface area contributed by atoms with Gasteiger partial charge in [0.2, 0.25) is 0 Å². The Hall–Kier alpha value is -0.610. The number of hydrogen-bond acceptors (Lipinski definition) is 3. The van der Waals surface area contributed by atoms with Gasteiger partial charge < -0.3 is 9.84 Å². The molecule has 1 saturated heterocycles. The first kappa shape index (κ1) is 12.5. The quantitative estimate of drug-likeness (QED) is 0.723. The number of rotatable bonds is 6. The molecular weight excluding hydrogens is 194 g/mol. The van der Waals surface area contributed by atoms with Gasteiger partial charge in [-0.25, -0.2) is 0 Å². The highest BCUT2D eigenvalue weighted by Crippen LogP contribution is 2.16. The third kappa shape index (κ3) is 4.18. The number of carboxylic acids is 1. The van der Waals surface area contributed by atoms with Crippen LogP contribution in [0.25, 0.3) is 0 Å². The fraction of sp³-hybridized carbons (Fsp3) is 0.909. The van der Waals surface area contributed by atoms with Crippen LogP contribution in [0.1, 0.15) is 26.7 Å². The molecule has 2 atom stereocenters. The second kappa shape index (κ2) is 6.08. The van der Waals surface area contributed by atoms with Gasteiger partial charge >= 0.3 is 5.97 Å². The lowest BCUT2D eigenvalue weighted by molar-refractivity contribution is -0.138. The molecule has 88 valence electrons. The lowest BCUT2D eigenvalue weighted by atomic mass is 10.1. The summed E-state index contributed by atoms with van der Waals surface area (Å²) in [4.78, 5) is 12.8. The number of ether oxygens (including phenoxy) is 1. The average Bonchev–Trinajstić information content (AvgIpc) is 2.65. The second-order valence-electron chi connectivity index (χ2n) is 4.26. The zero-order chi connectivity index (χ0) is 11.3. The predicted octanol–water partition coefficient (Wildman–Crippen LogP) is 1.21. The maximum Gasteiger partial charge on any atom is 0.304 e. The van der Waals surface area contributed by atoms with Crippen molar-refractivity contribution >= 4 is 5.97 Å². The summed E-state index contributed by atoms with van der Waals surface area (Å²) >= 11 is 0. The normalized spacial score (nSPS) is 23.3. The first-order chi connectivity index (χ1) is 7.13. The van der Waals surface area contributed by atoms with Crippen LogP contribution in [0.15, 0.2) is 0 Å². The number of hydrogen-bond donors (Lipinski definition) is 1. The molecule has 0 radical (unpaired) electrons. The van der Waals surface area contributed by atoms with Crippen molar-refractivity contribution in [2.24, 2.45) is 5.92 Å². The van der Waals surface area contributed by atoms with Crippen LogP contribution in [-0.4, -0.2) is 48.3 Å². The Balaban J connectivity index is 2.35. The van der Waals surface area contributed by atoms with Crippen molar-refractivity contribution < 1.29 is 14.6 Å². The molecule has 1 N–H and O–H groups in total. The van der Waals surface area contributed by atoms with Gasteiger partial charge in [-0.05, 0) is 25.8 Å². The highest BCUT2D eigenvalue weighted by molar-refractivity contribution is 5.67. The van der Waals surface area contributed by atoms with Gasteiger partial charge in [-0.3, -0.25) is 9.69 Å². The average molecular weight is 215 g/mol. The van der Waals surface area contributed by atoms with Crippen LogP contribution in [0, 0.1) is 5.92 Å². The lowest BCUT2D eigenvalue weighted by Gasteiger charge is -2.28. The van der Waals surface area contributed by atoms with Gasteiger partial charge in [0, 0.05) is 19.2 Å². The zero-order valence-corrected chi connectivity index (χ0v) is 9.61. The van der Waals surface area contributed by atoms with Crippen molar-refractivity contribution in [1.29, 1.82) is 0 Å². The monoisotopic (exact) mass is 215 g/mol. The van der Waals surface area contributed by atoms with E-state index in [4.69, 9.17) is 9.84 Å². The van der Waals surface area contributed by atoms with E-state index in [1.54, 1.807) is 0 Å². The van der Waals surface area contributed by atoms with Crippen molar-refractivity contribution in [2.45, 2.75) is 32.7 Å². The van der Waals surface area contributed by atoms with Crippen LogP contribution in [-0.2, 0) is 9.53 Å². The van der Waals surface area contributed by atoms with E-state index in [9.17, 15) is 4.79 Å². The minimum Gasteiger partial charge on any atom is -0.481 e. The fourth-order valence-corrected chi connectivity index (χ4v) is 2.06. The lowest BCUT2D eigenvalue weighted by Crippen LogP contribution is -2.38. The molecule has 4 nitrogen and oxygen atoms in total. The van der Waals surface area contributed by atoms with E-state index in [1.165, 1.54) is 0 Å². The van der Waals surface area contributed by atoms with Crippen LogP contribution in [0.3, 0.4) is 0 Å². The van der Waals surface area contributed by atoms with Gasteiger partial charge in [-0.1, -0.05) is 6.92 Å². The van der Waals surface area contributed by atoms with Gasteiger partial charge in [0.05, 0.1) is 13.0 Å². The summed E-state index contributed by atoms with van der Waals surface area (Å²) in [6, 6.07) is 0.119. The number of carboxylic acid groups (broad SMARTS) is 1. The molecule has 0 spiro atoms. The number of nitrogens with zero attached hydrogens (tertiary/aromatic N) is 1. The molecule has 1 aliphatic rings. The Morgan fingerprint density at radius 1 is 1.67 bits per heavy atom. The maximum atomic E-state index is 10.6. The maximum absolute atomic E-state index is 10.6. The Kier molecular flexibility index (Phi) is 5.05. The summed E-state index contributed by atoms with van der Waals surface area (Å²) in [5, 5.41) is 8.74. The van der Waals surface area contributed by atoms with Crippen LogP contribution in [0.5, 0.6) is 0 Å². The summed E-state index contributed by atoms with van der Waals surface area (Å²) in [6.45, 7) is 7.61. The molecule has 1 rings (SSSR count). The molecule has 0 bridgehead atoms. The molecule has 1 aliphatic heterocycles. The van der Waals surface area contributed by atoms with Gasteiger partial charge in [-0.15, -0.1) is 0 Å². The van der Waals surface area contributed by atoms with Crippen molar-refractivity contribution in [3.63, 3.8) is 0 Å². The molecule has 1 fully saturated rings. The van der Waals surface area contributed by atoms with Gasteiger partial charge in [-0.2, -0.15) is 0 Å². The largest absolute Gasteiger partial charge is 0.481 e. The van der Waals surface area contributed by atoms with Gasteiger partial charge in [0.15, 0.2) is 0 Å². The van der Waals surface area contributed by atoms with Crippen LogP contribution >= 0.6 is 0 Å². The highest BCUT2D eigenvalue weighted by atomic mass is 16.5. The fourth-order valence-electron chi connectivity index (χ4n) is 2.06. The number of aliphatic carboxylic acids is 1. The molecule has 0 aromatic heterocycles. The summed E-state index contributed by atoms with van der Waals surface area (Å²) in [5.74, 6) is -0.134. The SMILES string of the molecule is CCN(CC1CCOC1)C(C)CC(=O)O. The van der Waals surface area contributed by atoms with E-state index in [1.807, 2.05) is 6.92 Å². The van der Waals surface area contributed by atoms with Gasteiger partial charge in [0.1, 0.15) is 0 Å². The topological polar surface area (TPSA) is 49.8 Å². The first-order valence-corrected chi connectivity index (χ1v) is 5.67. The Morgan fingerprint density at radius 3 is 2.87 bits per heavy atom. The van der Waals surface area contributed by atoms with E-state index in [-0.39, 0.29) is 12.5 Å². The van der Waals surface area contributed by atoms with Crippen molar-refractivity contribution in [3.05, 3.63) is 0 Å². The zero-order valence-electron chi connectivity index (χ0n) is 9.61. The molecule has 0 aromatic carbocycles. The van der Waals surface area contributed by atoms with Crippen LogP contribution in [0.4, 0.5) is 0 Å². The second-order valence-corrected chi connectivity index (χ2v) is 4.26. The third-order valence-electron chi connectivity index (χ3n) is 3.02. The Morgan fingerprint density at radius 2 is 2.40 bits per heavy atom. The van der Waals surface area contributed by atoms with E-state index in [0.29, 0.717) is 5.92 Å². The van der Waals surface area contributed by atoms with Crippen molar-refractivity contribution in [3.8, 4) is 0 Å². The molecule has 4 heteroatoms. The van der Waals surface area contributed by atoms with Crippen LogP contribution < -0.4 is 0 Å². The summed E-state index contributed by atoms with van der Waals surface area (Å²) in [6.07, 6.45) is 1.33. The minimum atomic E-state index is -0.719. The molecule has 0 saturated carbocycles. The molecule has 2 unspecified atom stereocenters. The van der Waals surface area contributed by atoms with Crippen molar-refractivity contribution in [2.75, 3.05) is 26.3 Å². The first-order valence-electron chi connectivity index (χ1n) is 5.67. The molecular formula is C11H21NO3.